The van der Waals surface area contributed by atoms with Crippen LogP contribution in [0, 0.1) is 0 Å². The predicted molar refractivity (Wildman–Crippen MR) is 59.4 cm³/mol. The van der Waals surface area contributed by atoms with E-state index in [1.807, 2.05) is 0 Å². The Morgan fingerprint density at radius 2 is 2.18 bits per heavy atom. The maximum atomic E-state index is 11.8. The zero-order chi connectivity index (χ0) is 12.0. The lowest BCUT2D eigenvalue weighted by Gasteiger charge is -2.30. The molecule has 3 rings (SSSR count). The highest BCUT2D eigenvalue weighted by atomic mass is 16.5. The molecule has 1 aliphatic carbocycles. The van der Waals surface area contributed by atoms with Crippen LogP contribution in [-0.2, 0) is 4.79 Å². The van der Waals surface area contributed by atoms with E-state index in [9.17, 15) is 9.59 Å². The molecule has 0 unspecified atom stereocenters. The van der Waals surface area contributed by atoms with E-state index in [4.69, 9.17) is 9.84 Å². The maximum absolute atomic E-state index is 11.8. The highest BCUT2D eigenvalue weighted by molar-refractivity contribution is 6.02. The van der Waals surface area contributed by atoms with Gasteiger partial charge in [0, 0.05) is 6.04 Å². The summed E-state index contributed by atoms with van der Waals surface area (Å²) in [5, 5.41) is 9.06. The molecule has 0 aromatic heterocycles. The summed E-state index contributed by atoms with van der Waals surface area (Å²) in [4.78, 5) is 24.5. The number of carboxylic acids is 1. The molecule has 0 radical (unpaired) electrons. The van der Waals surface area contributed by atoms with E-state index in [1.54, 1.807) is 17.0 Å². The molecule has 0 saturated heterocycles. The standard InChI is InChI=1S/C12H11NO4/c14-10-6-17-11-8(12(15)16)2-1-3-9(11)13(10)7-4-5-7/h1-3,7H,4-6H2,(H,15,16). The summed E-state index contributed by atoms with van der Waals surface area (Å²) in [5.41, 5.74) is 0.698. The number of carboxylic acid groups (broad SMARTS) is 1. The maximum Gasteiger partial charge on any atom is 0.339 e. The van der Waals surface area contributed by atoms with Crippen molar-refractivity contribution >= 4 is 17.6 Å². The Kier molecular flexibility index (Phi) is 2.07. The van der Waals surface area contributed by atoms with Gasteiger partial charge in [0.1, 0.15) is 5.56 Å². The Labute approximate surface area is 97.6 Å². The van der Waals surface area contributed by atoms with Crippen molar-refractivity contribution in [2.45, 2.75) is 18.9 Å². The van der Waals surface area contributed by atoms with Gasteiger partial charge in [-0.05, 0) is 25.0 Å². The van der Waals surface area contributed by atoms with Crippen molar-refractivity contribution < 1.29 is 19.4 Å². The van der Waals surface area contributed by atoms with Crippen molar-refractivity contribution in [3.8, 4) is 5.75 Å². The number of carbonyl (C=O) groups excluding carboxylic acids is 1. The zero-order valence-electron chi connectivity index (χ0n) is 9.05. The first kappa shape index (κ1) is 10.1. The van der Waals surface area contributed by atoms with Crippen LogP contribution in [0.5, 0.6) is 5.75 Å². The molecule has 17 heavy (non-hydrogen) atoms. The van der Waals surface area contributed by atoms with Crippen LogP contribution in [0.4, 0.5) is 5.69 Å². The van der Waals surface area contributed by atoms with Gasteiger partial charge >= 0.3 is 5.97 Å². The monoisotopic (exact) mass is 233 g/mol. The fourth-order valence-corrected chi connectivity index (χ4v) is 2.11. The van der Waals surface area contributed by atoms with Crippen molar-refractivity contribution in [2.75, 3.05) is 11.5 Å². The van der Waals surface area contributed by atoms with Gasteiger partial charge in [-0.15, -0.1) is 0 Å². The molecular formula is C12H11NO4. The summed E-state index contributed by atoms with van der Waals surface area (Å²) in [6.07, 6.45) is 1.95. The number of nitrogens with zero attached hydrogens (tertiary/aromatic N) is 1. The Balaban J connectivity index is 2.12. The number of hydrogen-bond acceptors (Lipinski definition) is 3. The molecule has 1 fully saturated rings. The van der Waals surface area contributed by atoms with Crippen molar-refractivity contribution in [2.24, 2.45) is 0 Å². The van der Waals surface area contributed by atoms with Crippen molar-refractivity contribution in [3.63, 3.8) is 0 Å². The molecule has 88 valence electrons. The summed E-state index contributed by atoms with van der Waals surface area (Å²) in [5.74, 6) is -0.819. The van der Waals surface area contributed by atoms with Crippen LogP contribution in [-0.4, -0.2) is 29.6 Å². The molecule has 1 N–H and O–H groups in total. The minimum atomic E-state index is -1.04. The van der Waals surface area contributed by atoms with Gasteiger partial charge in [-0.2, -0.15) is 0 Å². The summed E-state index contributed by atoms with van der Waals surface area (Å²) in [6.45, 7) is -0.0756. The molecular weight excluding hydrogens is 222 g/mol. The normalized spacial score (nSPS) is 18.6. The fourth-order valence-electron chi connectivity index (χ4n) is 2.11. The Hall–Kier alpha value is -2.04. The van der Waals surface area contributed by atoms with E-state index in [0.717, 1.165) is 12.8 Å². The molecule has 2 aliphatic rings. The minimum Gasteiger partial charge on any atom is -0.481 e. The van der Waals surface area contributed by atoms with Gasteiger partial charge in [0.25, 0.3) is 5.91 Å². The minimum absolute atomic E-state index is 0.0756. The third-order valence-electron chi connectivity index (χ3n) is 3.00. The van der Waals surface area contributed by atoms with E-state index >= 15 is 0 Å². The highest BCUT2D eigenvalue weighted by Gasteiger charge is 2.38. The third-order valence-corrected chi connectivity index (χ3v) is 3.00. The van der Waals surface area contributed by atoms with Gasteiger partial charge in [0.15, 0.2) is 12.4 Å². The van der Waals surface area contributed by atoms with Gasteiger partial charge in [-0.3, -0.25) is 4.79 Å². The van der Waals surface area contributed by atoms with Gasteiger partial charge < -0.3 is 14.7 Å². The van der Waals surface area contributed by atoms with Crippen molar-refractivity contribution in [3.05, 3.63) is 23.8 Å². The smallest absolute Gasteiger partial charge is 0.339 e. The lowest BCUT2D eigenvalue weighted by molar-refractivity contribution is -0.121. The molecule has 0 atom stereocenters. The first-order valence-corrected chi connectivity index (χ1v) is 5.49. The first-order valence-electron chi connectivity index (χ1n) is 5.49. The number of carbonyl (C=O) groups is 2. The molecule has 5 nitrogen and oxygen atoms in total. The van der Waals surface area contributed by atoms with Crippen LogP contribution in [0.25, 0.3) is 0 Å². The predicted octanol–water partition coefficient (Wildman–Crippen LogP) is 1.27. The number of aromatic carboxylic acids is 1. The molecule has 1 aromatic carbocycles. The van der Waals surface area contributed by atoms with E-state index < -0.39 is 5.97 Å². The number of ether oxygens (including phenoxy) is 1. The van der Waals surface area contributed by atoms with Gasteiger partial charge in [-0.25, -0.2) is 4.79 Å². The lowest BCUT2D eigenvalue weighted by Crippen LogP contribution is -2.40. The molecule has 1 amide bonds. The molecule has 5 heteroatoms. The van der Waals surface area contributed by atoms with Crippen LogP contribution in [0.1, 0.15) is 23.2 Å². The van der Waals surface area contributed by atoms with E-state index in [1.165, 1.54) is 6.07 Å². The average molecular weight is 233 g/mol. The molecule has 0 spiro atoms. The molecule has 1 saturated carbocycles. The van der Waals surface area contributed by atoms with E-state index in [-0.39, 0.29) is 24.1 Å². The quantitative estimate of drug-likeness (QED) is 0.835. The number of hydrogen-bond donors (Lipinski definition) is 1. The Bertz CT molecular complexity index is 507. The van der Waals surface area contributed by atoms with Crippen LogP contribution < -0.4 is 9.64 Å². The van der Waals surface area contributed by atoms with E-state index in [0.29, 0.717) is 11.4 Å². The van der Waals surface area contributed by atoms with Gasteiger partial charge in [0.05, 0.1) is 5.69 Å². The zero-order valence-corrected chi connectivity index (χ0v) is 9.05. The molecule has 1 aromatic rings. The second-order valence-corrected chi connectivity index (χ2v) is 4.24. The van der Waals surface area contributed by atoms with E-state index in [2.05, 4.69) is 0 Å². The van der Waals surface area contributed by atoms with Crippen LogP contribution in [0.2, 0.25) is 0 Å². The number of rotatable bonds is 2. The summed E-state index contributed by atoms with van der Waals surface area (Å²) >= 11 is 0. The highest BCUT2D eigenvalue weighted by Crippen LogP contribution is 2.41. The second-order valence-electron chi connectivity index (χ2n) is 4.24. The summed E-state index contributed by atoms with van der Waals surface area (Å²) in [6, 6.07) is 5.08. The number of amides is 1. The molecule has 0 bridgehead atoms. The largest absolute Gasteiger partial charge is 0.481 e. The van der Waals surface area contributed by atoms with Crippen LogP contribution >= 0.6 is 0 Å². The number of fused-ring (bicyclic) bond motifs is 1. The molecule has 1 heterocycles. The Morgan fingerprint density at radius 3 is 2.82 bits per heavy atom. The van der Waals surface area contributed by atoms with Crippen molar-refractivity contribution in [1.29, 1.82) is 0 Å². The summed E-state index contributed by atoms with van der Waals surface area (Å²) < 4.78 is 5.26. The summed E-state index contributed by atoms with van der Waals surface area (Å²) in [7, 11) is 0. The Morgan fingerprint density at radius 1 is 1.41 bits per heavy atom. The van der Waals surface area contributed by atoms with Crippen LogP contribution in [0.3, 0.4) is 0 Å². The fraction of sp³-hybridized carbons (Fsp3) is 0.333. The molecule has 1 aliphatic heterocycles. The van der Waals surface area contributed by atoms with Crippen LogP contribution in [0.15, 0.2) is 18.2 Å². The first-order chi connectivity index (χ1) is 8.18. The average Bonchev–Trinajstić information content (AvgIpc) is 3.11. The topological polar surface area (TPSA) is 66.8 Å². The lowest BCUT2D eigenvalue weighted by atomic mass is 10.1. The SMILES string of the molecule is O=C(O)c1cccc2c1OCC(=O)N2C1CC1. The third kappa shape index (κ3) is 1.54. The van der Waals surface area contributed by atoms with Crippen molar-refractivity contribution in [1.82, 2.24) is 0 Å². The number of para-hydroxylation sites is 1. The second kappa shape index (κ2) is 3.48. The van der Waals surface area contributed by atoms with Gasteiger partial charge in [0.2, 0.25) is 0 Å². The number of benzene rings is 1. The van der Waals surface area contributed by atoms with Gasteiger partial charge in [-0.1, -0.05) is 6.07 Å². The number of anilines is 1.